The third-order valence-electron chi connectivity index (χ3n) is 3.55. The normalized spacial score (nSPS) is 30.3. The van der Waals surface area contributed by atoms with Gasteiger partial charge in [-0.15, -0.1) is 6.58 Å². The summed E-state index contributed by atoms with van der Waals surface area (Å²) in [4.78, 5) is 0. The monoisotopic (exact) mass is 212 g/mol. The van der Waals surface area contributed by atoms with E-state index in [1.54, 1.807) is 0 Å². The predicted molar refractivity (Wildman–Crippen MR) is 65.3 cm³/mol. The minimum atomic E-state index is -1.08. The Labute approximate surface area is 89.2 Å². The number of hydrogen-bond donors (Lipinski definition) is 1. The minimum absolute atomic E-state index is 0.0244. The SMILES string of the molecule is C=CCC(C1CC[C@H](O)C1)[Si](C)(C)C. The van der Waals surface area contributed by atoms with Crippen molar-refractivity contribution in [2.45, 2.75) is 57.0 Å². The van der Waals surface area contributed by atoms with Crippen LogP contribution in [0.1, 0.15) is 25.7 Å². The first-order valence-electron chi connectivity index (χ1n) is 5.74. The first-order valence-corrected chi connectivity index (χ1v) is 9.32. The molecule has 0 radical (unpaired) electrons. The van der Waals surface area contributed by atoms with E-state index in [2.05, 4.69) is 32.3 Å². The second kappa shape index (κ2) is 4.62. The molecule has 2 unspecified atom stereocenters. The van der Waals surface area contributed by atoms with Crippen molar-refractivity contribution < 1.29 is 5.11 Å². The summed E-state index contributed by atoms with van der Waals surface area (Å²) in [5, 5.41) is 9.57. The van der Waals surface area contributed by atoms with E-state index in [0.717, 1.165) is 30.7 Å². The molecule has 1 N–H and O–H groups in total. The van der Waals surface area contributed by atoms with Crippen LogP contribution in [0.2, 0.25) is 25.2 Å². The van der Waals surface area contributed by atoms with Crippen LogP contribution in [-0.4, -0.2) is 19.3 Å². The minimum Gasteiger partial charge on any atom is -0.393 e. The number of allylic oxidation sites excluding steroid dienone is 1. The summed E-state index contributed by atoms with van der Waals surface area (Å²) in [6, 6.07) is 0. The zero-order valence-corrected chi connectivity index (χ0v) is 10.8. The van der Waals surface area contributed by atoms with Crippen LogP contribution < -0.4 is 0 Å². The van der Waals surface area contributed by atoms with Gasteiger partial charge in [-0.25, -0.2) is 0 Å². The molecule has 2 heteroatoms. The molecule has 0 heterocycles. The summed E-state index contributed by atoms with van der Waals surface area (Å²) in [5.41, 5.74) is 0.817. The number of rotatable bonds is 4. The van der Waals surface area contributed by atoms with E-state index in [-0.39, 0.29) is 6.10 Å². The summed E-state index contributed by atoms with van der Waals surface area (Å²) < 4.78 is 0. The van der Waals surface area contributed by atoms with Crippen LogP contribution in [0, 0.1) is 5.92 Å². The number of aliphatic hydroxyl groups is 1. The van der Waals surface area contributed by atoms with Gasteiger partial charge in [-0.2, -0.15) is 0 Å². The molecule has 3 atom stereocenters. The molecule has 0 amide bonds. The molecule has 0 aromatic heterocycles. The number of hydrogen-bond acceptors (Lipinski definition) is 1. The Balaban J connectivity index is 2.63. The van der Waals surface area contributed by atoms with Gasteiger partial charge >= 0.3 is 0 Å². The van der Waals surface area contributed by atoms with Crippen LogP contribution in [0.15, 0.2) is 12.7 Å². The maximum absolute atomic E-state index is 9.57. The molecule has 14 heavy (non-hydrogen) atoms. The van der Waals surface area contributed by atoms with E-state index >= 15 is 0 Å². The lowest BCUT2D eigenvalue weighted by atomic mass is 10.0. The van der Waals surface area contributed by atoms with Gasteiger partial charge in [-0.05, 0) is 37.1 Å². The van der Waals surface area contributed by atoms with Gasteiger partial charge < -0.3 is 5.11 Å². The molecule has 82 valence electrons. The van der Waals surface area contributed by atoms with E-state index in [1.165, 1.54) is 6.42 Å². The van der Waals surface area contributed by atoms with Gasteiger partial charge in [0.1, 0.15) is 0 Å². The predicted octanol–water partition coefficient (Wildman–Crippen LogP) is 3.43. The summed E-state index contributed by atoms with van der Waals surface area (Å²) in [5.74, 6) is 0.759. The molecule has 1 aliphatic carbocycles. The van der Waals surface area contributed by atoms with E-state index < -0.39 is 8.07 Å². The summed E-state index contributed by atoms with van der Waals surface area (Å²) in [7, 11) is -1.08. The standard InChI is InChI=1S/C12H24OSi/c1-5-6-12(14(2,3)4)10-7-8-11(13)9-10/h5,10-13H,1,6-9H2,2-4H3/t10?,11-,12?/m0/s1. The van der Waals surface area contributed by atoms with Crippen molar-refractivity contribution in [3.63, 3.8) is 0 Å². The Bertz CT molecular complexity index is 195. The van der Waals surface area contributed by atoms with Crippen molar-refractivity contribution >= 4 is 8.07 Å². The molecule has 0 aliphatic heterocycles. The lowest BCUT2D eigenvalue weighted by Crippen LogP contribution is -2.32. The summed E-state index contributed by atoms with van der Waals surface area (Å²) in [6.45, 7) is 11.2. The second-order valence-electron chi connectivity index (χ2n) is 5.72. The average Bonchev–Trinajstić information content (AvgIpc) is 2.45. The Morgan fingerprint density at radius 1 is 1.43 bits per heavy atom. The Morgan fingerprint density at radius 2 is 2.07 bits per heavy atom. The van der Waals surface area contributed by atoms with Crippen molar-refractivity contribution in [1.29, 1.82) is 0 Å². The summed E-state index contributed by atoms with van der Waals surface area (Å²) in [6.07, 6.45) is 6.46. The highest BCUT2D eigenvalue weighted by molar-refractivity contribution is 6.77. The van der Waals surface area contributed by atoms with Crippen molar-refractivity contribution in [2.75, 3.05) is 0 Å². The van der Waals surface area contributed by atoms with E-state index in [9.17, 15) is 5.11 Å². The molecule has 1 nitrogen and oxygen atoms in total. The molecule has 0 aromatic carbocycles. The first-order chi connectivity index (χ1) is 6.45. The average molecular weight is 212 g/mol. The van der Waals surface area contributed by atoms with E-state index in [0.29, 0.717) is 0 Å². The van der Waals surface area contributed by atoms with Gasteiger partial charge in [-0.1, -0.05) is 25.7 Å². The molecular weight excluding hydrogens is 188 g/mol. The third kappa shape index (κ3) is 2.96. The highest BCUT2D eigenvalue weighted by atomic mass is 28.3. The Kier molecular flexibility index (Phi) is 3.96. The fourth-order valence-corrected chi connectivity index (χ4v) is 5.38. The molecule has 0 bridgehead atoms. The van der Waals surface area contributed by atoms with Crippen LogP contribution in [0.4, 0.5) is 0 Å². The van der Waals surface area contributed by atoms with Gasteiger partial charge in [0.15, 0.2) is 0 Å². The smallest absolute Gasteiger partial charge is 0.0543 e. The van der Waals surface area contributed by atoms with Crippen LogP contribution in [-0.2, 0) is 0 Å². The highest BCUT2D eigenvalue weighted by Gasteiger charge is 2.36. The largest absolute Gasteiger partial charge is 0.393 e. The van der Waals surface area contributed by atoms with Crippen LogP contribution in [0.5, 0.6) is 0 Å². The second-order valence-corrected chi connectivity index (χ2v) is 11.2. The maximum atomic E-state index is 9.57. The van der Waals surface area contributed by atoms with Gasteiger partial charge in [0.25, 0.3) is 0 Å². The lowest BCUT2D eigenvalue weighted by molar-refractivity contribution is 0.177. The summed E-state index contributed by atoms with van der Waals surface area (Å²) >= 11 is 0. The zero-order valence-electron chi connectivity index (χ0n) is 9.79. The van der Waals surface area contributed by atoms with Crippen LogP contribution >= 0.6 is 0 Å². The van der Waals surface area contributed by atoms with Gasteiger partial charge in [-0.3, -0.25) is 0 Å². The topological polar surface area (TPSA) is 20.2 Å². The zero-order chi connectivity index (χ0) is 10.8. The molecule has 1 fully saturated rings. The lowest BCUT2D eigenvalue weighted by Gasteiger charge is -2.33. The molecule has 1 saturated carbocycles. The van der Waals surface area contributed by atoms with E-state index in [1.807, 2.05) is 0 Å². The third-order valence-corrected chi connectivity index (χ3v) is 6.48. The first kappa shape index (κ1) is 12.0. The van der Waals surface area contributed by atoms with Crippen molar-refractivity contribution in [2.24, 2.45) is 5.92 Å². The Morgan fingerprint density at radius 3 is 2.43 bits per heavy atom. The van der Waals surface area contributed by atoms with Crippen molar-refractivity contribution in [3.8, 4) is 0 Å². The Hall–Kier alpha value is -0.0831. The quantitative estimate of drug-likeness (QED) is 0.559. The van der Waals surface area contributed by atoms with Gasteiger partial charge in [0.05, 0.1) is 6.10 Å². The van der Waals surface area contributed by atoms with Crippen molar-refractivity contribution in [3.05, 3.63) is 12.7 Å². The maximum Gasteiger partial charge on any atom is 0.0543 e. The molecule has 1 rings (SSSR count). The highest BCUT2D eigenvalue weighted by Crippen LogP contribution is 2.42. The molecule has 0 spiro atoms. The van der Waals surface area contributed by atoms with Crippen LogP contribution in [0.25, 0.3) is 0 Å². The van der Waals surface area contributed by atoms with Crippen LogP contribution in [0.3, 0.4) is 0 Å². The molecule has 0 aromatic rings. The number of aliphatic hydroxyl groups excluding tert-OH is 1. The van der Waals surface area contributed by atoms with Gasteiger partial charge in [0, 0.05) is 8.07 Å². The fourth-order valence-electron chi connectivity index (χ4n) is 2.79. The molecular formula is C12H24OSi. The fraction of sp³-hybridized carbons (Fsp3) is 0.833. The van der Waals surface area contributed by atoms with Gasteiger partial charge in [0.2, 0.25) is 0 Å². The van der Waals surface area contributed by atoms with Crippen molar-refractivity contribution in [1.82, 2.24) is 0 Å². The van der Waals surface area contributed by atoms with E-state index in [4.69, 9.17) is 0 Å². The molecule has 0 saturated heterocycles. The molecule has 1 aliphatic rings.